The minimum atomic E-state index is -2.72. The molecule has 2 fully saturated rings. The Morgan fingerprint density at radius 1 is 1.14 bits per heavy atom. The molecule has 5 nitrogen and oxygen atoms in total. The second-order valence-corrected chi connectivity index (χ2v) is 9.39. The third-order valence-corrected chi connectivity index (χ3v) is 6.99. The van der Waals surface area contributed by atoms with Crippen molar-refractivity contribution in [2.75, 3.05) is 36.8 Å². The summed E-state index contributed by atoms with van der Waals surface area (Å²) in [5.74, 6) is -2.49. The lowest BCUT2D eigenvalue weighted by Gasteiger charge is -2.41. The molecule has 36 heavy (non-hydrogen) atoms. The molecule has 0 spiro atoms. The maximum absolute atomic E-state index is 14.1. The Bertz CT molecular complexity index is 1140. The molecule has 0 saturated carbocycles. The molecule has 0 amide bonds. The van der Waals surface area contributed by atoms with Gasteiger partial charge >= 0.3 is 0 Å². The van der Waals surface area contributed by atoms with Crippen LogP contribution >= 0.6 is 0 Å². The number of anilines is 2. The highest BCUT2D eigenvalue weighted by Crippen LogP contribution is 2.42. The Hall–Kier alpha value is -3.20. The van der Waals surface area contributed by atoms with E-state index in [1.54, 1.807) is 25.1 Å². The molecule has 2 aliphatic heterocycles. The molecular formula is C27H31F4N5. The predicted molar refractivity (Wildman–Crippen MR) is 135 cm³/mol. The van der Waals surface area contributed by atoms with Crippen LogP contribution in [0.1, 0.15) is 43.4 Å². The minimum Gasteiger partial charge on any atom is -0.383 e. The number of halogens is 4. The lowest BCUT2D eigenvalue weighted by molar-refractivity contribution is 0.00261. The van der Waals surface area contributed by atoms with Gasteiger partial charge in [0.15, 0.2) is 0 Å². The lowest BCUT2D eigenvalue weighted by Crippen LogP contribution is -2.41. The first-order chi connectivity index (χ1) is 17.2. The number of likely N-dealkylation sites (tertiary alicyclic amines) is 1. The van der Waals surface area contributed by atoms with E-state index >= 15 is 0 Å². The smallest absolute Gasteiger partial charge is 0.261 e. The van der Waals surface area contributed by atoms with Gasteiger partial charge < -0.3 is 10.6 Å². The fourth-order valence-corrected chi connectivity index (χ4v) is 5.16. The van der Waals surface area contributed by atoms with E-state index in [4.69, 9.17) is 5.73 Å². The maximum Gasteiger partial charge on any atom is 0.261 e. The number of nitrogen functional groups attached to an aromatic ring is 1. The highest BCUT2D eigenvalue weighted by Gasteiger charge is 2.43. The van der Waals surface area contributed by atoms with Gasteiger partial charge in [-0.3, -0.25) is 4.90 Å². The van der Waals surface area contributed by atoms with E-state index in [2.05, 4.69) is 21.4 Å². The number of alkyl halides is 2. The Balaban J connectivity index is 1.54. The molecule has 1 aromatic carbocycles. The fraction of sp³-hybridized carbons (Fsp3) is 0.407. The van der Waals surface area contributed by atoms with Crippen molar-refractivity contribution in [2.24, 2.45) is 5.92 Å². The fourth-order valence-electron chi connectivity index (χ4n) is 5.16. The summed E-state index contributed by atoms with van der Waals surface area (Å²) in [5.41, 5.74) is 8.04. The van der Waals surface area contributed by atoms with E-state index in [1.165, 1.54) is 30.6 Å². The first kappa shape index (κ1) is 25.9. The highest BCUT2D eigenvalue weighted by molar-refractivity contribution is 5.85. The Kier molecular flexibility index (Phi) is 7.78. The van der Waals surface area contributed by atoms with Crippen molar-refractivity contribution in [1.29, 1.82) is 0 Å². The molecule has 4 rings (SSSR count). The molecule has 0 radical (unpaired) electrons. The van der Waals surface area contributed by atoms with Gasteiger partial charge in [0.05, 0.1) is 12.1 Å². The number of nitrogens with two attached hydrogens (primary N) is 1. The number of hydrogen-bond donors (Lipinski definition) is 1. The van der Waals surface area contributed by atoms with E-state index < -0.39 is 11.7 Å². The summed E-state index contributed by atoms with van der Waals surface area (Å²) in [6.45, 7) is 6.88. The van der Waals surface area contributed by atoms with Crippen molar-refractivity contribution in [1.82, 2.24) is 14.9 Å². The van der Waals surface area contributed by atoms with Crippen LogP contribution in [-0.2, 0) is 0 Å². The molecule has 3 heterocycles. The number of allylic oxidation sites excluding steroid dienone is 5. The van der Waals surface area contributed by atoms with Gasteiger partial charge in [0.25, 0.3) is 5.92 Å². The molecule has 2 N–H and O–H groups in total. The van der Waals surface area contributed by atoms with Gasteiger partial charge in [-0.1, -0.05) is 30.9 Å². The Morgan fingerprint density at radius 2 is 1.83 bits per heavy atom. The predicted octanol–water partition coefficient (Wildman–Crippen LogP) is 5.94. The number of aromatic nitrogens is 2. The molecule has 0 aliphatic carbocycles. The van der Waals surface area contributed by atoms with Gasteiger partial charge in [-0.2, -0.15) is 0 Å². The molecule has 1 atom stereocenters. The van der Waals surface area contributed by atoms with Crippen LogP contribution in [0.5, 0.6) is 0 Å². The summed E-state index contributed by atoms with van der Waals surface area (Å²) in [6.07, 6.45) is 6.86. The summed E-state index contributed by atoms with van der Waals surface area (Å²) in [7, 11) is 0. The number of benzene rings is 1. The topological polar surface area (TPSA) is 58.3 Å². The van der Waals surface area contributed by atoms with Crippen molar-refractivity contribution in [2.45, 2.75) is 38.2 Å². The van der Waals surface area contributed by atoms with Crippen LogP contribution in [0.3, 0.4) is 0 Å². The Morgan fingerprint density at radius 3 is 2.44 bits per heavy atom. The monoisotopic (exact) mass is 501 g/mol. The standard InChI is InChI=1S/C27H31F4N5/c1-3-21(28)7-4-18(2)23-25(32)33-17-34-26(23)35-13-10-20(11-14-35)24(19-5-8-22(29)9-6-19)36-15-12-27(30,31)16-36/h3-9,17,20,24H,2,10-16H2,1H3,(H2,32,33,34)/b7-4-,21-3+. The molecule has 0 bridgehead atoms. The quantitative estimate of drug-likeness (QED) is 0.376. The van der Waals surface area contributed by atoms with E-state index in [0.29, 0.717) is 36.6 Å². The van der Waals surface area contributed by atoms with Crippen molar-refractivity contribution in [3.63, 3.8) is 0 Å². The second-order valence-electron chi connectivity index (χ2n) is 9.39. The molecule has 1 aromatic heterocycles. The summed E-state index contributed by atoms with van der Waals surface area (Å²) in [4.78, 5) is 12.4. The van der Waals surface area contributed by atoms with E-state index in [1.807, 2.05) is 4.90 Å². The Labute approximate surface area is 209 Å². The number of nitrogens with zero attached hydrogens (tertiary/aromatic N) is 4. The molecule has 2 aromatic rings. The van der Waals surface area contributed by atoms with Crippen LogP contribution in [0, 0.1) is 11.7 Å². The summed E-state index contributed by atoms with van der Waals surface area (Å²) < 4.78 is 55.4. The molecule has 2 aliphatic rings. The van der Waals surface area contributed by atoms with Crippen molar-refractivity contribution in [3.05, 3.63) is 78.2 Å². The number of hydrogen-bond acceptors (Lipinski definition) is 5. The van der Waals surface area contributed by atoms with Gasteiger partial charge in [-0.05, 0) is 55.0 Å². The van der Waals surface area contributed by atoms with Gasteiger partial charge in [0.1, 0.15) is 29.6 Å². The first-order valence-corrected chi connectivity index (χ1v) is 12.1. The van der Waals surface area contributed by atoms with Gasteiger partial charge in [0, 0.05) is 32.1 Å². The van der Waals surface area contributed by atoms with E-state index in [0.717, 1.165) is 18.4 Å². The zero-order chi connectivity index (χ0) is 25.9. The van der Waals surface area contributed by atoms with E-state index in [9.17, 15) is 17.6 Å². The third kappa shape index (κ3) is 5.78. The summed E-state index contributed by atoms with van der Waals surface area (Å²) in [6, 6.07) is 5.95. The van der Waals surface area contributed by atoms with Crippen LogP contribution in [0.4, 0.5) is 29.2 Å². The summed E-state index contributed by atoms with van der Waals surface area (Å²) in [5, 5.41) is 0. The zero-order valence-electron chi connectivity index (χ0n) is 20.3. The first-order valence-electron chi connectivity index (χ1n) is 12.1. The van der Waals surface area contributed by atoms with Crippen molar-refractivity contribution >= 4 is 17.2 Å². The largest absolute Gasteiger partial charge is 0.383 e. The molecule has 192 valence electrons. The molecule has 1 unspecified atom stereocenters. The maximum atomic E-state index is 14.1. The molecule has 2 saturated heterocycles. The zero-order valence-corrected chi connectivity index (χ0v) is 20.3. The van der Waals surface area contributed by atoms with Crippen LogP contribution in [-0.4, -0.2) is 47.0 Å². The third-order valence-electron chi connectivity index (χ3n) is 6.99. The summed E-state index contributed by atoms with van der Waals surface area (Å²) >= 11 is 0. The van der Waals surface area contributed by atoms with E-state index in [-0.39, 0.29) is 36.6 Å². The number of piperidine rings is 1. The molecular weight excluding hydrogens is 470 g/mol. The minimum absolute atomic E-state index is 0.107. The van der Waals surface area contributed by atoms with Crippen LogP contribution in [0.25, 0.3) is 5.57 Å². The van der Waals surface area contributed by atoms with Crippen LogP contribution in [0.2, 0.25) is 0 Å². The normalized spacial score (nSPS) is 20.2. The van der Waals surface area contributed by atoms with Crippen molar-refractivity contribution in [3.8, 4) is 0 Å². The van der Waals surface area contributed by atoms with Gasteiger partial charge in [0.2, 0.25) is 0 Å². The average molecular weight is 502 g/mol. The highest BCUT2D eigenvalue weighted by atomic mass is 19.3. The molecule has 9 heteroatoms. The van der Waals surface area contributed by atoms with Gasteiger partial charge in [-0.25, -0.2) is 27.5 Å². The number of rotatable bonds is 7. The SMILES string of the molecule is C=C(/C=C\C(F)=C/C)c1c(N)ncnc1N1CCC(C(c2ccc(F)cc2)N2CCC(F)(F)C2)CC1. The average Bonchev–Trinajstić information content (AvgIpc) is 3.22. The lowest BCUT2D eigenvalue weighted by atomic mass is 9.84. The van der Waals surface area contributed by atoms with Crippen LogP contribution < -0.4 is 10.6 Å². The van der Waals surface area contributed by atoms with Gasteiger partial charge in [-0.15, -0.1) is 0 Å². The van der Waals surface area contributed by atoms with Crippen molar-refractivity contribution < 1.29 is 17.6 Å². The van der Waals surface area contributed by atoms with Crippen LogP contribution in [0.15, 0.2) is 61.2 Å². The second kappa shape index (κ2) is 10.8.